The topological polar surface area (TPSA) is 23.8 Å². The zero-order valence-corrected chi connectivity index (χ0v) is 5.83. The molecule has 0 aliphatic rings. The van der Waals surface area contributed by atoms with Gasteiger partial charge < -0.3 is 0 Å². The lowest BCUT2D eigenvalue weighted by Gasteiger charge is -1.98. The Morgan fingerprint density at radius 2 is 2.40 bits per heavy atom. The fourth-order valence-corrected chi connectivity index (χ4v) is 0.746. The van der Waals surface area contributed by atoms with Crippen molar-refractivity contribution in [2.45, 2.75) is 12.8 Å². The Labute approximate surface area is 60.9 Å². The van der Waals surface area contributed by atoms with Gasteiger partial charge in [0.2, 0.25) is 0 Å². The molecule has 0 N–H and O–H groups in total. The van der Waals surface area contributed by atoms with E-state index in [0.717, 1.165) is 5.56 Å². The van der Waals surface area contributed by atoms with E-state index in [-0.39, 0.29) is 5.92 Å². The van der Waals surface area contributed by atoms with Gasteiger partial charge in [-0.2, -0.15) is 5.26 Å². The number of benzene rings is 1. The largest absolute Gasteiger partial charge is 0.198 e. The summed E-state index contributed by atoms with van der Waals surface area (Å²) < 4.78 is 0. The lowest BCUT2D eigenvalue weighted by molar-refractivity contribution is 0.979. The molecule has 0 heterocycles. The Morgan fingerprint density at radius 3 is 2.90 bits per heavy atom. The third-order valence-corrected chi connectivity index (χ3v) is 1.39. The molecule has 1 unspecified atom stereocenters. The molecule has 0 aliphatic carbocycles. The maximum absolute atomic E-state index is 8.52. The predicted molar refractivity (Wildman–Crippen MR) is 39.3 cm³/mol. The molecule has 49 valence electrons. The molecule has 0 saturated heterocycles. The van der Waals surface area contributed by atoms with Gasteiger partial charge in [0.1, 0.15) is 0 Å². The summed E-state index contributed by atoms with van der Waals surface area (Å²) in [5.41, 5.74) is 0.963. The number of nitrogens with zero attached hydrogens (tertiary/aromatic N) is 1. The first-order chi connectivity index (χ1) is 4.84. The second-order valence-electron chi connectivity index (χ2n) is 2.17. The summed E-state index contributed by atoms with van der Waals surface area (Å²) >= 11 is 0. The third-order valence-electron chi connectivity index (χ3n) is 1.39. The Morgan fingerprint density at radius 1 is 1.60 bits per heavy atom. The van der Waals surface area contributed by atoms with Crippen molar-refractivity contribution in [3.63, 3.8) is 0 Å². The molecule has 1 aromatic carbocycles. The molecule has 1 radical (unpaired) electrons. The summed E-state index contributed by atoms with van der Waals surface area (Å²) in [4.78, 5) is 0. The van der Waals surface area contributed by atoms with E-state index in [1.165, 1.54) is 0 Å². The Kier molecular flexibility index (Phi) is 2.07. The number of rotatable bonds is 1. The van der Waals surface area contributed by atoms with Crippen LogP contribution in [0.4, 0.5) is 0 Å². The van der Waals surface area contributed by atoms with Gasteiger partial charge in [0.25, 0.3) is 0 Å². The summed E-state index contributed by atoms with van der Waals surface area (Å²) in [6.07, 6.45) is 0. The van der Waals surface area contributed by atoms with Crippen molar-refractivity contribution < 1.29 is 0 Å². The Hall–Kier alpha value is -1.29. The fraction of sp³-hybridized carbons (Fsp3) is 0.222. The van der Waals surface area contributed by atoms with E-state index < -0.39 is 0 Å². The van der Waals surface area contributed by atoms with Crippen molar-refractivity contribution in [3.05, 3.63) is 35.9 Å². The minimum absolute atomic E-state index is 0.0406. The van der Waals surface area contributed by atoms with Crippen molar-refractivity contribution in [2.75, 3.05) is 0 Å². The average molecular weight is 130 g/mol. The molecule has 0 aliphatic heterocycles. The van der Waals surface area contributed by atoms with Crippen LogP contribution in [0, 0.1) is 17.4 Å². The summed E-state index contributed by atoms with van der Waals surface area (Å²) in [6.45, 7) is 1.87. The van der Waals surface area contributed by atoms with Crippen molar-refractivity contribution in [1.29, 1.82) is 5.26 Å². The Bertz CT molecular complexity index is 233. The fourth-order valence-electron chi connectivity index (χ4n) is 0.746. The highest BCUT2D eigenvalue weighted by Crippen LogP contribution is 2.11. The molecular formula is C9H8N. The second kappa shape index (κ2) is 3.03. The Balaban J connectivity index is 2.88. The highest BCUT2D eigenvalue weighted by molar-refractivity contribution is 5.21. The number of hydrogen-bond donors (Lipinski definition) is 0. The van der Waals surface area contributed by atoms with Gasteiger partial charge in [-0.05, 0) is 18.6 Å². The van der Waals surface area contributed by atoms with Crippen LogP contribution in [0.5, 0.6) is 0 Å². The summed E-state index contributed by atoms with van der Waals surface area (Å²) in [5, 5.41) is 8.52. The molecule has 1 rings (SSSR count). The molecular weight excluding hydrogens is 122 g/mol. The van der Waals surface area contributed by atoms with E-state index in [1.54, 1.807) is 0 Å². The maximum Gasteiger partial charge on any atom is 0.0701 e. The van der Waals surface area contributed by atoms with E-state index in [2.05, 4.69) is 12.1 Å². The van der Waals surface area contributed by atoms with E-state index in [1.807, 2.05) is 31.2 Å². The van der Waals surface area contributed by atoms with Crippen LogP contribution < -0.4 is 0 Å². The van der Waals surface area contributed by atoms with Crippen LogP contribution in [0.3, 0.4) is 0 Å². The zero-order chi connectivity index (χ0) is 7.40. The van der Waals surface area contributed by atoms with Crippen molar-refractivity contribution in [2.24, 2.45) is 0 Å². The molecule has 1 heteroatoms. The minimum atomic E-state index is -0.0406. The molecule has 1 atom stereocenters. The molecule has 1 aromatic rings. The van der Waals surface area contributed by atoms with Gasteiger partial charge in [-0.15, -0.1) is 0 Å². The van der Waals surface area contributed by atoms with Crippen LogP contribution in [-0.4, -0.2) is 0 Å². The van der Waals surface area contributed by atoms with Gasteiger partial charge in [-0.3, -0.25) is 0 Å². The van der Waals surface area contributed by atoms with Gasteiger partial charge in [-0.25, -0.2) is 0 Å². The second-order valence-corrected chi connectivity index (χ2v) is 2.17. The minimum Gasteiger partial charge on any atom is -0.198 e. The van der Waals surface area contributed by atoms with Crippen LogP contribution in [0.25, 0.3) is 0 Å². The van der Waals surface area contributed by atoms with Crippen molar-refractivity contribution in [1.82, 2.24) is 0 Å². The predicted octanol–water partition coefficient (Wildman–Crippen LogP) is 2.11. The van der Waals surface area contributed by atoms with Gasteiger partial charge in [-0.1, -0.05) is 24.3 Å². The highest BCUT2D eigenvalue weighted by Gasteiger charge is 2.00. The van der Waals surface area contributed by atoms with Crippen LogP contribution >= 0.6 is 0 Å². The molecule has 0 saturated carbocycles. The van der Waals surface area contributed by atoms with Gasteiger partial charge >= 0.3 is 0 Å². The first kappa shape index (κ1) is 6.82. The monoisotopic (exact) mass is 130 g/mol. The molecule has 0 spiro atoms. The van der Waals surface area contributed by atoms with Crippen LogP contribution in [-0.2, 0) is 0 Å². The first-order valence-corrected chi connectivity index (χ1v) is 3.21. The van der Waals surface area contributed by atoms with Crippen molar-refractivity contribution >= 4 is 0 Å². The maximum atomic E-state index is 8.52. The summed E-state index contributed by atoms with van der Waals surface area (Å²) in [5.74, 6) is -0.0406. The molecule has 0 bridgehead atoms. The SMILES string of the molecule is CC(C#N)c1[c]cccc1. The lowest BCUT2D eigenvalue weighted by atomic mass is 10.0. The smallest absolute Gasteiger partial charge is 0.0701 e. The molecule has 1 nitrogen and oxygen atoms in total. The van der Waals surface area contributed by atoms with E-state index in [4.69, 9.17) is 5.26 Å². The molecule has 0 amide bonds. The van der Waals surface area contributed by atoms with E-state index in [0.29, 0.717) is 0 Å². The van der Waals surface area contributed by atoms with Crippen molar-refractivity contribution in [3.8, 4) is 6.07 Å². The summed E-state index contributed by atoms with van der Waals surface area (Å²) in [7, 11) is 0. The first-order valence-electron chi connectivity index (χ1n) is 3.21. The lowest BCUT2D eigenvalue weighted by Crippen LogP contribution is -1.87. The molecule has 0 aromatic heterocycles. The van der Waals surface area contributed by atoms with Gasteiger partial charge in [0.15, 0.2) is 0 Å². The van der Waals surface area contributed by atoms with Crippen LogP contribution in [0.15, 0.2) is 24.3 Å². The number of hydrogen-bond acceptors (Lipinski definition) is 1. The summed E-state index contributed by atoms with van der Waals surface area (Å²) in [6, 6.07) is 12.7. The van der Waals surface area contributed by atoms with Crippen LogP contribution in [0.1, 0.15) is 18.4 Å². The van der Waals surface area contributed by atoms with Gasteiger partial charge in [0, 0.05) is 0 Å². The third kappa shape index (κ3) is 1.35. The molecule has 0 fully saturated rings. The standard InChI is InChI=1S/C9H8N/c1-8(7-10)9-5-3-2-4-6-9/h2-5,8H,1H3. The van der Waals surface area contributed by atoms with E-state index >= 15 is 0 Å². The van der Waals surface area contributed by atoms with Gasteiger partial charge in [0.05, 0.1) is 12.0 Å². The number of nitriles is 1. The zero-order valence-electron chi connectivity index (χ0n) is 5.83. The normalized spacial score (nSPS) is 12.0. The quantitative estimate of drug-likeness (QED) is 0.571. The van der Waals surface area contributed by atoms with Crippen LogP contribution in [0.2, 0.25) is 0 Å². The molecule has 10 heavy (non-hydrogen) atoms. The van der Waals surface area contributed by atoms with E-state index in [9.17, 15) is 0 Å². The average Bonchev–Trinajstić information content (AvgIpc) is 2.05. The highest BCUT2D eigenvalue weighted by atomic mass is 14.3.